The standard InChI is InChI=1S/6CN.Fe.6K.H3O4P.H/c6*1-2;;;;;;;;1-5(2,3)4;/h;;;;;;;;;;;;;(H3,1,2,3,4);/q;;;;;;-3;;5*+1;;/p-2. The Bertz CT molecular complexity index is 550. The van der Waals surface area contributed by atoms with Crippen molar-refractivity contribution in [2.75, 3.05) is 0 Å². The molecule has 0 aromatic heterocycles. The van der Waals surface area contributed by atoms with Crippen LogP contribution in [-0.4, -0.2) is 56.3 Å². The van der Waals surface area contributed by atoms with Crippen molar-refractivity contribution in [1.29, 1.82) is 31.6 Å². The second kappa shape index (κ2) is 22.2. The van der Waals surface area contributed by atoms with Crippen LogP contribution >= 0.6 is 7.82 Å². The van der Waals surface area contributed by atoms with Gasteiger partial charge in [-0.3, -0.25) is 0 Å². The van der Waals surface area contributed by atoms with Crippen LogP contribution in [-0.2, 0) is 15.3 Å². The van der Waals surface area contributed by atoms with Gasteiger partial charge in [0.15, 0.2) is 0 Å². The van der Waals surface area contributed by atoms with Crippen LogP contribution < -0.4 is 267 Å². The molecule has 1 N–H and O–H groups in total. The van der Waals surface area contributed by atoms with Crippen molar-refractivity contribution in [2.45, 2.75) is 0 Å². The van der Waals surface area contributed by atoms with Crippen molar-refractivity contribution in [3.63, 3.8) is 0 Å². The molecule has 24 heavy (non-hydrogen) atoms. The van der Waals surface area contributed by atoms with Gasteiger partial charge >= 0.3 is 380 Å². The zero-order valence-corrected chi connectivity index (χ0v) is 30.8. The molecule has 0 rings (SSSR count). The van der Waals surface area contributed by atoms with E-state index in [1.807, 2.05) is 0 Å². The summed E-state index contributed by atoms with van der Waals surface area (Å²) >= 11 is 0. The van der Waals surface area contributed by atoms with Gasteiger partial charge < -0.3 is 19.2 Å². The van der Waals surface area contributed by atoms with Crippen LogP contribution in [0.5, 0.6) is 0 Å². The van der Waals surface area contributed by atoms with E-state index < -0.39 is 18.6 Å². The molecule has 0 aliphatic rings. The van der Waals surface area contributed by atoms with Crippen molar-refractivity contribution in [1.82, 2.24) is 0 Å². The van der Waals surface area contributed by atoms with Crippen molar-refractivity contribution in [2.24, 2.45) is 0 Å². The van der Waals surface area contributed by atoms with Crippen LogP contribution in [0.1, 0.15) is 0 Å². The van der Waals surface area contributed by atoms with Crippen LogP contribution in [0.15, 0.2) is 0 Å². The molecule has 0 aromatic carbocycles. The van der Waals surface area contributed by atoms with Gasteiger partial charge in [0.1, 0.15) is 0 Å². The van der Waals surface area contributed by atoms with E-state index in [9.17, 15) is 0 Å². The Morgan fingerprint density at radius 1 is 0.667 bits per heavy atom. The molecule has 0 heterocycles. The first kappa shape index (κ1) is 53.0. The monoisotopic (exact) mass is 543 g/mol. The first-order valence-electron chi connectivity index (χ1n) is 3.15. The maximum absolute atomic E-state index is 8.66. The fraction of sp³-hybridized carbons (Fsp3) is 0. The van der Waals surface area contributed by atoms with Gasteiger partial charge in [0, 0.05) is 0 Å². The van der Waals surface area contributed by atoms with Gasteiger partial charge in [0.05, 0.1) is 7.82 Å². The fourth-order valence-electron chi connectivity index (χ4n) is 0.265. The summed E-state index contributed by atoms with van der Waals surface area (Å²) in [4.78, 5) is 30.5. The van der Waals surface area contributed by atoms with Gasteiger partial charge in [-0.25, -0.2) is 0 Å². The Hall–Kier alpha value is 7.39. The zero-order chi connectivity index (χ0) is 15.2. The Labute approximate surface area is 393 Å². The third kappa shape index (κ3) is 16.9. The van der Waals surface area contributed by atoms with Gasteiger partial charge in [-0.15, -0.1) is 0 Å². The molecular weight excluding hydrogens is 542 g/mol. The molecule has 0 atom stereocenters. The zero-order valence-electron chi connectivity index (χ0n) is 13.2. The predicted octanol–water partition coefficient (Wildman–Crippen LogP) is -17.7. The molecular formula is C6H2FeK6N6O4P. The van der Waals surface area contributed by atoms with Crippen molar-refractivity contribution in [3.05, 3.63) is 0 Å². The first-order chi connectivity index (χ1) is 7.97. The molecule has 0 saturated heterocycles. The number of hydrogen-bond acceptors (Lipinski definition) is 9. The fourth-order valence-corrected chi connectivity index (χ4v) is 1.09. The first-order valence-corrected chi connectivity index (χ1v) is 7.96. The Morgan fingerprint density at radius 2 is 0.750 bits per heavy atom. The topological polar surface area (TPSA) is 226 Å². The van der Waals surface area contributed by atoms with Gasteiger partial charge in [-0.05, 0) is 0 Å². The minimum atomic E-state index is -6.17. The maximum atomic E-state index is 8.66. The Kier molecular flexibility index (Phi) is 49.0. The Balaban J connectivity index is -0.0000000347. The SMILES string of the molecule is N#[C][Fe-3]([C]#N)([C]#N)([C]#N)([C]#N)[C]#N.O=P([O-])([O-])O.[K+].[K+].[K+].[K+].[K+].[KH]. The molecule has 0 radical (unpaired) electrons. The van der Waals surface area contributed by atoms with E-state index in [2.05, 4.69) is 0 Å². The summed E-state index contributed by atoms with van der Waals surface area (Å²) in [6, 6.07) is 0. The molecule has 0 spiro atoms. The summed E-state index contributed by atoms with van der Waals surface area (Å²) in [5.41, 5.74) is 0. The van der Waals surface area contributed by atoms with Crippen molar-refractivity contribution >= 4 is 59.2 Å². The molecule has 0 unspecified atom stereocenters. The quantitative estimate of drug-likeness (QED) is 0.224. The van der Waals surface area contributed by atoms with E-state index in [-0.39, 0.29) is 308 Å². The molecule has 0 amide bonds. The summed E-state index contributed by atoms with van der Waals surface area (Å²) in [6.45, 7) is 0. The van der Waals surface area contributed by atoms with E-state index in [0.29, 0.717) is 0 Å². The number of nitriles is 6. The molecule has 0 fully saturated rings. The summed E-state index contributed by atoms with van der Waals surface area (Å²) in [5, 5.41) is 51.5. The van der Waals surface area contributed by atoms with Gasteiger partial charge in [-0.2, -0.15) is 0 Å². The predicted molar refractivity (Wildman–Crippen MR) is 50.7 cm³/mol. The van der Waals surface area contributed by atoms with Crippen LogP contribution in [0.4, 0.5) is 0 Å². The van der Waals surface area contributed by atoms with Crippen LogP contribution in [0.2, 0.25) is 0 Å². The van der Waals surface area contributed by atoms with Gasteiger partial charge in [0.25, 0.3) is 0 Å². The minimum absolute atomic E-state index is 0. The summed E-state index contributed by atoms with van der Waals surface area (Å²) in [7, 11) is -11.3. The number of nitrogens with zero attached hydrogens (tertiary/aromatic N) is 6. The average Bonchev–Trinajstić information content (AvgIpc) is 2.34. The third-order valence-corrected chi connectivity index (χ3v) is 4.89. The van der Waals surface area contributed by atoms with Crippen LogP contribution in [0.25, 0.3) is 0 Å². The number of phosphoric acid groups is 1. The van der Waals surface area contributed by atoms with Crippen molar-refractivity contribution in [3.8, 4) is 29.8 Å². The molecule has 0 aliphatic heterocycles. The third-order valence-electron chi connectivity index (χ3n) is 1.19. The summed E-state index contributed by atoms with van der Waals surface area (Å²) < 4.78 is 8.66. The molecule has 0 bridgehead atoms. The van der Waals surface area contributed by atoms with Crippen LogP contribution in [0, 0.1) is 61.4 Å². The second-order valence-electron chi connectivity index (χ2n) is 2.27. The van der Waals surface area contributed by atoms with E-state index >= 15 is 0 Å². The van der Waals surface area contributed by atoms with Crippen LogP contribution in [0.3, 0.4) is 0 Å². The number of hydrogen-bond donors (Lipinski definition) is 1. The molecule has 18 heteroatoms. The average molecular weight is 544 g/mol. The summed E-state index contributed by atoms with van der Waals surface area (Å²) in [6.07, 6.45) is 0. The molecule has 10 nitrogen and oxygen atoms in total. The molecule has 0 aromatic rings. The van der Waals surface area contributed by atoms with E-state index in [4.69, 9.17) is 50.8 Å². The van der Waals surface area contributed by atoms with Gasteiger partial charge in [0.2, 0.25) is 0 Å². The normalized spacial score (nSPS) is 9.71. The second-order valence-corrected chi connectivity index (χ2v) is 8.83. The molecule has 99 valence electrons. The van der Waals surface area contributed by atoms with Gasteiger partial charge in [-0.1, -0.05) is 0 Å². The van der Waals surface area contributed by atoms with E-state index in [1.165, 1.54) is 0 Å². The van der Waals surface area contributed by atoms with E-state index in [0.717, 1.165) is 29.8 Å². The molecule has 0 aliphatic carbocycles. The van der Waals surface area contributed by atoms with Crippen molar-refractivity contribution < 1.29 is 287 Å². The molecule has 0 saturated carbocycles. The number of rotatable bonds is 0. The Morgan fingerprint density at radius 3 is 0.750 bits per heavy atom. The van der Waals surface area contributed by atoms with E-state index in [1.54, 1.807) is 0 Å². The summed E-state index contributed by atoms with van der Waals surface area (Å²) in [5.74, 6) is 0.